The molecule has 29 heteroatoms. The minimum absolute atomic E-state index is 0. The molecular weight excluding hydrogens is 1420 g/mol. The summed E-state index contributed by atoms with van der Waals surface area (Å²) < 4.78 is 207. The van der Waals surface area contributed by atoms with Crippen LogP contribution in [0.15, 0.2) is 177 Å². The van der Waals surface area contributed by atoms with Crippen LogP contribution < -0.4 is 47.9 Å². The summed E-state index contributed by atoms with van der Waals surface area (Å²) in [4.78, 5) is 72.5. The molecule has 103 heavy (non-hydrogen) atoms. The van der Waals surface area contributed by atoms with Crippen LogP contribution in [0.25, 0.3) is 11.1 Å². The van der Waals surface area contributed by atoms with Crippen LogP contribution in [0.3, 0.4) is 0 Å². The Labute approximate surface area is 590 Å². The van der Waals surface area contributed by atoms with Gasteiger partial charge < -0.3 is 47.9 Å². The molecule has 2 aliphatic rings. The van der Waals surface area contributed by atoms with E-state index >= 15 is 0 Å². The first-order valence-corrected chi connectivity index (χ1v) is 30.2. The number of methoxy groups -OCH3 is 4. The van der Waals surface area contributed by atoms with Crippen molar-refractivity contribution in [3.05, 3.63) is 246 Å². The molecule has 2 aromatic heterocycles. The number of allylic oxidation sites excluding steroid dienone is 2. The Morgan fingerprint density at radius 1 is 0.359 bits per heavy atom. The quantitative estimate of drug-likeness (QED) is 0.0503. The minimum Gasteiger partial charge on any atom is -0.660 e. The third-order valence-electron chi connectivity index (χ3n) is 16.2. The number of aromatic nitrogens is 2. The molecule has 0 amide bonds. The van der Waals surface area contributed by atoms with E-state index in [0.717, 1.165) is 48.5 Å². The number of nitrogens with zero attached hydrogens (tertiary/aromatic N) is 4. The summed E-state index contributed by atoms with van der Waals surface area (Å²) in [6.45, 7) is 12.0. The zero-order valence-electron chi connectivity index (χ0n) is 56.3. The van der Waals surface area contributed by atoms with Gasteiger partial charge in [0, 0.05) is 34.4 Å². The predicted molar refractivity (Wildman–Crippen MR) is 348 cm³/mol. The van der Waals surface area contributed by atoms with Crippen LogP contribution >= 0.6 is 0 Å². The first-order chi connectivity index (χ1) is 47.9. The first-order valence-electron chi connectivity index (χ1n) is 30.2. The number of rotatable bonds is 16. The van der Waals surface area contributed by atoms with Crippen molar-refractivity contribution in [3.8, 4) is 46.0 Å². The molecule has 6 aromatic carbocycles. The van der Waals surface area contributed by atoms with Crippen LogP contribution in [-0.2, 0) is 51.1 Å². The fraction of sp³-hybridized carbons (Fsp3) is 0.216. The third kappa shape index (κ3) is 16.2. The van der Waals surface area contributed by atoms with Crippen LogP contribution in [0.4, 0.5) is 52.7 Å². The van der Waals surface area contributed by atoms with Gasteiger partial charge in [0.05, 0.1) is 84.7 Å². The molecule has 0 saturated carbocycles. The van der Waals surface area contributed by atoms with Gasteiger partial charge in [0.25, 0.3) is 0 Å². The van der Waals surface area contributed by atoms with Crippen molar-refractivity contribution < 1.29 is 127 Å². The van der Waals surface area contributed by atoms with Gasteiger partial charge in [0.15, 0.2) is 0 Å². The largest absolute Gasteiger partial charge is 2.00 e. The van der Waals surface area contributed by atoms with E-state index < -0.39 is 93.8 Å². The maximum absolute atomic E-state index is 13.7. The smallest absolute Gasteiger partial charge is 0.660 e. The number of hydrogen-bond acceptors (Lipinski definition) is 14. The van der Waals surface area contributed by atoms with Gasteiger partial charge in [0.1, 0.15) is 46.0 Å². The molecule has 0 N–H and O–H groups in total. The molecule has 2 aliphatic heterocycles. The molecule has 0 bridgehead atoms. The van der Waals surface area contributed by atoms with E-state index in [-0.39, 0.29) is 130 Å². The molecule has 0 atom stereocenters. The van der Waals surface area contributed by atoms with Gasteiger partial charge in [-0.2, -0.15) is 52.7 Å². The zero-order chi connectivity index (χ0) is 74.8. The average Bonchev–Trinajstić information content (AvgIpc) is 1.62. The fourth-order valence-electron chi connectivity index (χ4n) is 11.5. The van der Waals surface area contributed by atoms with Gasteiger partial charge in [-0.3, -0.25) is 9.98 Å². The Bertz CT molecular complexity index is 4590. The molecule has 0 fully saturated rings. The van der Waals surface area contributed by atoms with E-state index in [1.807, 2.05) is 0 Å². The number of halogens is 12. The number of hydrogen-bond donors (Lipinski definition) is 0. The number of para-hydroxylation sites is 4. The molecule has 16 nitrogen and oxygen atoms in total. The van der Waals surface area contributed by atoms with Gasteiger partial charge in [-0.1, -0.05) is 73.5 Å². The number of benzene rings is 6. The van der Waals surface area contributed by atoms with Gasteiger partial charge in [-0.25, -0.2) is 19.2 Å². The molecule has 0 aliphatic carbocycles. The first kappa shape index (κ1) is 77.7. The fourth-order valence-corrected chi connectivity index (χ4v) is 11.5. The van der Waals surface area contributed by atoms with Crippen LogP contribution in [-0.4, -0.2) is 63.7 Å². The summed E-state index contributed by atoms with van der Waals surface area (Å²) in [5.41, 5.74) is -1.95. The molecule has 1 radical (unpaired) electrons. The summed E-state index contributed by atoms with van der Waals surface area (Å²) in [5, 5.41) is 0. The van der Waals surface area contributed by atoms with Crippen LogP contribution in [0.1, 0.15) is 116 Å². The molecule has 0 saturated heterocycles. The van der Waals surface area contributed by atoms with Crippen molar-refractivity contribution >= 4 is 46.4 Å². The predicted octanol–water partition coefficient (Wildman–Crippen LogP) is 17.4. The normalized spacial score (nSPS) is 14.2. The number of carbonyl (C=O) groups excluding carboxylic acids is 4. The molecule has 10 rings (SSSR count). The molecule has 539 valence electrons. The summed E-state index contributed by atoms with van der Waals surface area (Å²) in [6, 6.07) is 26.7. The van der Waals surface area contributed by atoms with Gasteiger partial charge in [-0.15, -0.1) is 22.8 Å². The van der Waals surface area contributed by atoms with E-state index in [1.165, 1.54) is 132 Å². The standard InChI is InChI=1S/2C37H30F6N2O6.Co/c2*1-18-29(34(46)50-26-13-9-7-11-24(26)36(38,39)40)20(3)44-32(18)31(23-16-15-22(48-5)17-28(23)49-6)33-19(2)30(21(4)45-33)35(47)51-27-14-10-8-12-25(27)37(41,42)43;/h2*7-17H,1-6H3,(H,44,45,46,47);/q;;+2/p-2. The van der Waals surface area contributed by atoms with Crippen molar-refractivity contribution in [1.82, 2.24) is 9.97 Å². The Morgan fingerprint density at radius 3 is 0.893 bits per heavy atom. The van der Waals surface area contributed by atoms with E-state index in [0.29, 0.717) is 22.6 Å². The van der Waals surface area contributed by atoms with E-state index in [9.17, 15) is 71.9 Å². The van der Waals surface area contributed by atoms with Crippen LogP contribution in [0, 0.1) is 27.7 Å². The second kappa shape index (κ2) is 30.6. The van der Waals surface area contributed by atoms with E-state index in [4.69, 9.17) is 37.9 Å². The molecule has 0 unspecified atom stereocenters. The molecule has 4 heterocycles. The summed E-state index contributed by atoms with van der Waals surface area (Å²) in [6.07, 6.45) is -19.2. The summed E-state index contributed by atoms with van der Waals surface area (Å²) in [7, 11) is 5.68. The second-order valence-electron chi connectivity index (χ2n) is 22.6. The van der Waals surface area contributed by atoms with Gasteiger partial charge in [-0.05, 0) is 137 Å². The number of ether oxygens (including phenoxy) is 8. The average molecular weight is 1480 g/mol. The van der Waals surface area contributed by atoms with Gasteiger partial charge >= 0.3 is 65.4 Å². The molecular formula is C74H58CoF12N4O12. The Kier molecular flexibility index (Phi) is 23.1. The maximum Gasteiger partial charge on any atom is 2.00 e. The molecule has 0 spiro atoms. The maximum atomic E-state index is 13.7. The second-order valence-corrected chi connectivity index (χ2v) is 22.6. The van der Waals surface area contributed by atoms with Crippen molar-refractivity contribution in [3.63, 3.8) is 0 Å². The Balaban J connectivity index is 0.000000259. The summed E-state index contributed by atoms with van der Waals surface area (Å²) >= 11 is 0. The Morgan fingerprint density at radius 2 is 0.631 bits per heavy atom. The van der Waals surface area contributed by atoms with Crippen molar-refractivity contribution in [2.75, 3.05) is 28.4 Å². The number of aliphatic imine (C=N–C) groups is 2. The Hall–Kier alpha value is -11.1. The summed E-state index contributed by atoms with van der Waals surface area (Å²) in [5.74, 6) is -5.83. The van der Waals surface area contributed by atoms with Crippen LogP contribution in [0.5, 0.6) is 46.0 Å². The topological polar surface area (TPSA) is 195 Å². The third-order valence-corrected chi connectivity index (χ3v) is 16.2. The zero-order valence-corrected chi connectivity index (χ0v) is 57.3. The van der Waals surface area contributed by atoms with Crippen molar-refractivity contribution in [1.29, 1.82) is 0 Å². The monoisotopic (exact) mass is 1480 g/mol. The minimum atomic E-state index is -4.80. The number of aryl methyl sites for hydroxylation is 2. The number of alkyl halides is 12. The molecule has 8 aromatic rings. The van der Waals surface area contributed by atoms with Crippen molar-refractivity contribution in [2.24, 2.45) is 9.98 Å². The van der Waals surface area contributed by atoms with E-state index in [1.54, 1.807) is 36.4 Å². The van der Waals surface area contributed by atoms with E-state index in [2.05, 4.69) is 20.0 Å². The number of esters is 4. The SMILES string of the molecule is COc1ccc(/C(=C2/N=C(C)C(C(=O)Oc3ccccc3C(F)(F)F)=C2C)c2[n-]c(C)c(C(=O)Oc3ccccc3C(F)(F)F)c2C)c(OC)c1.COc1ccc(/C(=C2/N=C(C)C(C(=O)Oc3ccccc3C(F)(F)F)=C2C)c2[n-]c(C)c(C(=O)Oc3ccccc3C(F)(F)F)c2C)c(OC)c1.[Co+2]. The van der Waals surface area contributed by atoms with Gasteiger partial charge in [0.2, 0.25) is 0 Å². The number of carbonyl (C=O) groups is 4. The van der Waals surface area contributed by atoms with Crippen molar-refractivity contribution in [2.45, 2.75) is 80.1 Å². The van der Waals surface area contributed by atoms with Crippen LogP contribution in [0.2, 0.25) is 0 Å².